The zero-order valence-corrected chi connectivity index (χ0v) is 7.38. The van der Waals surface area contributed by atoms with Crippen molar-refractivity contribution in [3.8, 4) is 0 Å². The molecule has 0 aliphatic heterocycles. The van der Waals surface area contributed by atoms with Crippen LogP contribution in [0.5, 0.6) is 0 Å². The van der Waals surface area contributed by atoms with Gasteiger partial charge in [-0.05, 0) is 12.1 Å². The molecule has 0 saturated heterocycles. The van der Waals surface area contributed by atoms with Crippen LogP contribution >= 0.6 is 0 Å². The second-order valence-electron chi connectivity index (χ2n) is 3.18. The van der Waals surface area contributed by atoms with Crippen LogP contribution in [-0.2, 0) is 0 Å². The lowest BCUT2D eigenvalue weighted by Crippen LogP contribution is -2.05. The molecule has 14 heavy (non-hydrogen) atoms. The molecule has 0 atom stereocenters. The summed E-state index contributed by atoms with van der Waals surface area (Å²) in [6.45, 7) is 0. The smallest absolute Gasteiger partial charge is 0.180 e. The normalized spacial score (nSPS) is 11.1. The minimum Gasteiger partial charge on any atom is -0.338 e. The van der Waals surface area contributed by atoms with E-state index in [9.17, 15) is 0 Å². The fourth-order valence-electron chi connectivity index (χ4n) is 1.56. The van der Waals surface area contributed by atoms with Crippen molar-refractivity contribution in [1.29, 1.82) is 0 Å². The van der Waals surface area contributed by atoms with Crippen LogP contribution < -0.4 is 5.84 Å². The molecule has 0 unspecified atom stereocenters. The maximum Gasteiger partial charge on any atom is 0.180 e. The maximum atomic E-state index is 5.68. The van der Waals surface area contributed by atoms with Gasteiger partial charge in [-0.1, -0.05) is 18.2 Å². The largest absolute Gasteiger partial charge is 0.338 e. The highest BCUT2D eigenvalue weighted by atomic mass is 15.3. The minimum atomic E-state index is 0.686. The average molecular weight is 184 g/mol. The number of para-hydroxylation sites is 1. The molecular formula is C10H8N4. The Morgan fingerprint density at radius 2 is 2.07 bits per heavy atom. The summed E-state index contributed by atoms with van der Waals surface area (Å²) < 4.78 is 1.48. The Balaban J connectivity index is 2.54. The number of hydrogen-bond donors (Lipinski definition) is 1. The van der Waals surface area contributed by atoms with E-state index in [0.717, 1.165) is 16.4 Å². The van der Waals surface area contributed by atoms with Gasteiger partial charge in [0, 0.05) is 5.39 Å². The summed E-state index contributed by atoms with van der Waals surface area (Å²) in [5.74, 6) is 5.68. The van der Waals surface area contributed by atoms with Crippen LogP contribution in [0.4, 0.5) is 0 Å². The van der Waals surface area contributed by atoms with Gasteiger partial charge < -0.3 is 5.84 Å². The van der Waals surface area contributed by atoms with Crippen LogP contribution in [0.15, 0.2) is 36.7 Å². The number of nitrogen functional groups attached to an aromatic ring is 1. The number of rotatable bonds is 0. The molecule has 3 aromatic rings. The number of nitrogens with two attached hydrogens (primary N) is 1. The highest BCUT2D eigenvalue weighted by Gasteiger charge is 2.02. The Kier molecular flexibility index (Phi) is 1.28. The standard InChI is InChI=1S/C10H8N4/c11-14-6-12-10-9(14)5-7-3-1-2-4-8(7)13-10/h1-6H,11H2. The third-order valence-electron chi connectivity index (χ3n) is 2.27. The summed E-state index contributed by atoms with van der Waals surface area (Å²) in [6, 6.07) is 9.90. The monoisotopic (exact) mass is 184 g/mol. The second kappa shape index (κ2) is 2.45. The average Bonchev–Trinajstić information content (AvgIpc) is 2.57. The van der Waals surface area contributed by atoms with E-state index in [1.807, 2.05) is 30.3 Å². The summed E-state index contributed by atoms with van der Waals surface area (Å²) in [6.07, 6.45) is 1.57. The van der Waals surface area contributed by atoms with Crippen LogP contribution in [0, 0.1) is 0 Å². The first-order valence-electron chi connectivity index (χ1n) is 4.32. The molecule has 2 heterocycles. The highest BCUT2D eigenvalue weighted by Crippen LogP contribution is 2.16. The predicted molar refractivity (Wildman–Crippen MR) is 55.2 cm³/mol. The molecule has 1 aromatic carbocycles. The van der Waals surface area contributed by atoms with E-state index in [1.165, 1.54) is 4.68 Å². The topological polar surface area (TPSA) is 56.7 Å². The van der Waals surface area contributed by atoms with E-state index in [0.29, 0.717) is 5.65 Å². The Bertz CT molecular complexity index is 612. The summed E-state index contributed by atoms with van der Waals surface area (Å²) >= 11 is 0. The fourth-order valence-corrected chi connectivity index (χ4v) is 1.56. The van der Waals surface area contributed by atoms with Gasteiger partial charge in [0.1, 0.15) is 11.8 Å². The number of hydrogen-bond acceptors (Lipinski definition) is 3. The molecule has 4 nitrogen and oxygen atoms in total. The van der Waals surface area contributed by atoms with E-state index in [2.05, 4.69) is 9.97 Å². The van der Waals surface area contributed by atoms with Crippen LogP contribution in [0.25, 0.3) is 22.1 Å². The second-order valence-corrected chi connectivity index (χ2v) is 3.18. The van der Waals surface area contributed by atoms with Crippen molar-refractivity contribution in [3.63, 3.8) is 0 Å². The van der Waals surface area contributed by atoms with Gasteiger partial charge in [-0.15, -0.1) is 0 Å². The molecule has 0 bridgehead atoms. The van der Waals surface area contributed by atoms with Crippen LogP contribution in [0.2, 0.25) is 0 Å². The lowest BCUT2D eigenvalue weighted by molar-refractivity contribution is 1.04. The zero-order valence-electron chi connectivity index (χ0n) is 7.38. The Morgan fingerprint density at radius 1 is 1.21 bits per heavy atom. The van der Waals surface area contributed by atoms with Crippen LogP contribution in [-0.4, -0.2) is 14.6 Å². The molecule has 2 aromatic heterocycles. The SMILES string of the molecule is Nn1cnc2nc3ccccc3cc21. The van der Waals surface area contributed by atoms with Crippen LogP contribution in [0.1, 0.15) is 0 Å². The van der Waals surface area contributed by atoms with Gasteiger partial charge in [0.25, 0.3) is 0 Å². The van der Waals surface area contributed by atoms with Gasteiger partial charge in [0.2, 0.25) is 0 Å². The molecule has 4 heteroatoms. The number of fused-ring (bicyclic) bond motifs is 2. The van der Waals surface area contributed by atoms with E-state index in [-0.39, 0.29) is 0 Å². The first-order valence-corrected chi connectivity index (χ1v) is 4.32. The summed E-state index contributed by atoms with van der Waals surface area (Å²) in [4.78, 5) is 8.48. The highest BCUT2D eigenvalue weighted by molar-refractivity contribution is 5.89. The number of benzene rings is 1. The van der Waals surface area contributed by atoms with Gasteiger partial charge in [0.15, 0.2) is 5.65 Å². The Hall–Kier alpha value is -2.10. The predicted octanol–water partition coefficient (Wildman–Crippen LogP) is 1.30. The first kappa shape index (κ1) is 7.32. The summed E-state index contributed by atoms with van der Waals surface area (Å²) in [5.41, 5.74) is 2.48. The molecule has 2 N–H and O–H groups in total. The van der Waals surface area contributed by atoms with Crippen molar-refractivity contribution in [2.75, 3.05) is 5.84 Å². The Morgan fingerprint density at radius 3 is 3.00 bits per heavy atom. The zero-order chi connectivity index (χ0) is 9.54. The van der Waals surface area contributed by atoms with Crippen LogP contribution in [0.3, 0.4) is 0 Å². The fraction of sp³-hybridized carbons (Fsp3) is 0. The molecule has 0 spiro atoms. The number of imidazole rings is 1. The molecule has 0 aliphatic carbocycles. The quantitative estimate of drug-likeness (QED) is 0.536. The lowest BCUT2D eigenvalue weighted by atomic mass is 10.2. The van der Waals surface area contributed by atoms with Crippen molar-refractivity contribution in [2.24, 2.45) is 0 Å². The van der Waals surface area contributed by atoms with Crippen molar-refractivity contribution < 1.29 is 0 Å². The lowest BCUT2D eigenvalue weighted by Gasteiger charge is -1.97. The maximum absolute atomic E-state index is 5.68. The number of pyridine rings is 1. The molecule has 68 valence electrons. The van der Waals surface area contributed by atoms with Crippen molar-refractivity contribution in [2.45, 2.75) is 0 Å². The van der Waals surface area contributed by atoms with Gasteiger partial charge in [0.05, 0.1) is 5.52 Å². The Labute approximate surface area is 80.0 Å². The summed E-state index contributed by atoms with van der Waals surface area (Å²) in [7, 11) is 0. The van der Waals surface area contributed by atoms with Crippen molar-refractivity contribution in [3.05, 3.63) is 36.7 Å². The molecule has 0 radical (unpaired) electrons. The number of nitrogens with zero attached hydrogens (tertiary/aromatic N) is 3. The first-order chi connectivity index (χ1) is 6.84. The van der Waals surface area contributed by atoms with Gasteiger partial charge >= 0.3 is 0 Å². The third kappa shape index (κ3) is 0.877. The van der Waals surface area contributed by atoms with E-state index < -0.39 is 0 Å². The molecular weight excluding hydrogens is 176 g/mol. The van der Waals surface area contributed by atoms with Crippen molar-refractivity contribution in [1.82, 2.24) is 14.6 Å². The molecule has 0 saturated carbocycles. The molecule has 0 fully saturated rings. The van der Waals surface area contributed by atoms with Gasteiger partial charge in [-0.25, -0.2) is 14.6 Å². The summed E-state index contributed by atoms with van der Waals surface area (Å²) in [5, 5.41) is 1.08. The van der Waals surface area contributed by atoms with E-state index in [1.54, 1.807) is 6.33 Å². The van der Waals surface area contributed by atoms with Gasteiger partial charge in [-0.2, -0.15) is 0 Å². The molecule has 0 aliphatic rings. The van der Waals surface area contributed by atoms with Crippen molar-refractivity contribution >= 4 is 22.1 Å². The van der Waals surface area contributed by atoms with E-state index in [4.69, 9.17) is 5.84 Å². The van der Waals surface area contributed by atoms with E-state index >= 15 is 0 Å². The number of aromatic nitrogens is 3. The minimum absolute atomic E-state index is 0.686. The molecule has 3 rings (SSSR count). The van der Waals surface area contributed by atoms with Gasteiger partial charge in [-0.3, -0.25) is 0 Å². The molecule has 0 amide bonds. The third-order valence-corrected chi connectivity index (χ3v) is 2.27.